The van der Waals surface area contributed by atoms with E-state index in [4.69, 9.17) is 11.6 Å². The van der Waals surface area contributed by atoms with Crippen LogP contribution in [-0.4, -0.2) is 19.1 Å². The Hall–Kier alpha value is -0.730. The average Bonchev–Trinajstić information content (AvgIpc) is 2.26. The van der Waals surface area contributed by atoms with Gasteiger partial charge in [0.05, 0.1) is 0 Å². The van der Waals surface area contributed by atoms with Crippen molar-refractivity contribution in [2.45, 2.75) is 18.9 Å². The third kappa shape index (κ3) is 1.72. The molecular formula is C12H15ClN2. The van der Waals surface area contributed by atoms with Gasteiger partial charge in [0.2, 0.25) is 0 Å². The number of hydrogen-bond acceptors (Lipinski definition) is 2. The molecule has 1 saturated heterocycles. The molecule has 1 fully saturated rings. The molecule has 80 valence electrons. The quantitative estimate of drug-likeness (QED) is 0.704. The smallest absolute Gasteiger partial charge is 0.0410 e. The molecule has 2 aliphatic rings. The van der Waals surface area contributed by atoms with Crippen molar-refractivity contribution in [2.24, 2.45) is 5.92 Å². The van der Waals surface area contributed by atoms with Crippen molar-refractivity contribution in [3.05, 3.63) is 28.8 Å². The van der Waals surface area contributed by atoms with Crippen molar-refractivity contribution < 1.29 is 0 Å². The van der Waals surface area contributed by atoms with Crippen LogP contribution in [0.15, 0.2) is 18.2 Å². The molecule has 0 aliphatic carbocycles. The summed E-state index contributed by atoms with van der Waals surface area (Å²) < 4.78 is 0. The van der Waals surface area contributed by atoms with Gasteiger partial charge >= 0.3 is 0 Å². The van der Waals surface area contributed by atoms with E-state index in [1.807, 2.05) is 6.07 Å². The zero-order valence-electron chi connectivity index (χ0n) is 8.59. The van der Waals surface area contributed by atoms with Gasteiger partial charge in [-0.3, -0.25) is 0 Å². The summed E-state index contributed by atoms with van der Waals surface area (Å²) in [5.41, 5.74) is 2.65. The average molecular weight is 223 g/mol. The number of fused-ring (bicyclic) bond motifs is 2. The van der Waals surface area contributed by atoms with Crippen LogP contribution >= 0.6 is 11.6 Å². The summed E-state index contributed by atoms with van der Waals surface area (Å²) in [6.45, 7) is 2.26. The highest BCUT2D eigenvalue weighted by molar-refractivity contribution is 6.30. The number of piperidine rings is 1. The van der Waals surface area contributed by atoms with Gasteiger partial charge in [0, 0.05) is 23.3 Å². The van der Waals surface area contributed by atoms with Crippen molar-refractivity contribution in [3.8, 4) is 0 Å². The molecule has 0 aromatic heterocycles. The minimum Gasteiger partial charge on any atom is -0.382 e. The number of benzene rings is 1. The first-order valence-electron chi connectivity index (χ1n) is 5.58. The molecule has 2 N–H and O–H groups in total. The van der Waals surface area contributed by atoms with E-state index in [-0.39, 0.29) is 0 Å². The molecule has 0 spiro atoms. The van der Waals surface area contributed by atoms with Crippen LogP contribution in [-0.2, 0) is 6.42 Å². The topological polar surface area (TPSA) is 24.1 Å². The van der Waals surface area contributed by atoms with Crippen LogP contribution < -0.4 is 10.6 Å². The van der Waals surface area contributed by atoms with Gasteiger partial charge in [0.15, 0.2) is 0 Å². The molecular weight excluding hydrogens is 208 g/mol. The van der Waals surface area contributed by atoms with Gasteiger partial charge in [-0.25, -0.2) is 0 Å². The number of nitrogens with one attached hydrogen (secondary N) is 2. The second-order valence-electron chi connectivity index (χ2n) is 4.51. The summed E-state index contributed by atoms with van der Waals surface area (Å²) in [6.07, 6.45) is 2.38. The predicted molar refractivity (Wildman–Crippen MR) is 63.5 cm³/mol. The lowest BCUT2D eigenvalue weighted by molar-refractivity contribution is 0.333. The molecule has 2 aliphatic heterocycles. The summed E-state index contributed by atoms with van der Waals surface area (Å²) in [5, 5.41) is 7.93. The fraction of sp³-hybridized carbons (Fsp3) is 0.500. The van der Waals surface area contributed by atoms with E-state index in [0.29, 0.717) is 6.04 Å². The summed E-state index contributed by atoms with van der Waals surface area (Å²) in [7, 11) is 0. The lowest BCUT2D eigenvalue weighted by atomic mass is 9.83. The summed E-state index contributed by atoms with van der Waals surface area (Å²) in [5.74, 6) is 0.727. The largest absolute Gasteiger partial charge is 0.382 e. The zero-order chi connectivity index (χ0) is 10.3. The third-order valence-electron chi connectivity index (χ3n) is 3.50. The maximum atomic E-state index is 6.01. The number of halogens is 1. The monoisotopic (exact) mass is 222 g/mol. The van der Waals surface area contributed by atoms with Gasteiger partial charge in [-0.15, -0.1) is 0 Å². The maximum Gasteiger partial charge on any atom is 0.0410 e. The van der Waals surface area contributed by atoms with Crippen LogP contribution in [0.25, 0.3) is 0 Å². The molecule has 3 rings (SSSR count). The lowest BCUT2D eigenvalue weighted by Gasteiger charge is -2.38. The first-order valence-corrected chi connectivity index (χ1v) is 5.96. The molecule has 2 unspecified atom stereocenters. The molecule has 0 bridgehead atoms. The highest BCUT2D eigenvalue weighted by Crippen LogP contribution is 2.32. The van der Waals surface area contributed by atoms with E-state index in [1.54, 1.807) is 0 Å². The number of hydrogen-bond donors (Lipinski definition) is 2. The molecule has 0 radical (unpaired) electrons. The van der Waals surface area contributed by atoms with Crippen LogP contribution in [0.1, 0.15) is 12.0 Å². The molecule has 0 amide bonds. The van der Waals surface area contributed by atoms with Crippen molar-refractivity contribution in [3.63, 3.8) is 0 Å². The minimum atomic E-state index is 0.653. The van der Waals surface area contributed by atoms with E-state index in [1.165, 1.54) is 17.7 Å². The molecule has 0 saturated carbocycles. The number of rotatable bonds is 0. The molecule has 3 heteroatoms. The molecule has 1 aromatic rings. The molecule has 2 heterocycles. The Kier molecular flexibility index (Phi) is 2.33. The van der Waals surface area contributed by atoms with E-state index in [2.05, 4.69) is 22.8 Å². The van der Waals surface area contributed by atoms with Crippen molar-refractivity contribution in [1.29, 1.82) is 0 Å². The molecule has 2 nitrogen and oxygen atoms in total. The van der Waals surface area contributed by atoms with Crippen molar-refractivity contribution in [1.82, 2.24) is 5.32 Å². The van der Waals surface area contributed by atoms with Gasteiger partial charge in [-0.05, 0) is 49.1 Å². The summed E-state index contributed by atoms with van der Waals surface area (Å²) >= 11 is 6.01. The minimum absolute atomic E-state index is 0.653. The van der Waals surface area contributed by atoms with Crippen molar-refractivity contribution in [2.75, 3.05) is 18.4 Å². The van der Waals surface area contributed by atoms with Crippen LogP contribution in [0.3, 0.4) is 0 Å². The molecule has 2 atom stereocenters. The highest BCUT2D eigenvalue weighted by atomic mass is 35.5. The van der Waals surface area contributed by atoms with E-state index in [9.17, 15) is 0 Å². The van der Waals surface area contributed by atoms with E-state index >= 15 is 0 Å². The maximum absolute atomic E-state index is 6.01. The Morgan fingerprint density at radius 3 is 3.20 bits per heavy atom. The van der Waals surface area contributed by atoms with Crippen LogP contribution in [0, 0.1) is 5.92 Å². The second kappa shape index (κ2) is 3.69. The predicted octanol–water partition coefficient (Wildman–Crippen LogP) is 2.29. The van der Waals surface area contributed by atoms with Gasteiger partial charge in [0.1, 0.15) is 0 Å². The molecule has 1 aromatic carbocycles. The fourth-order valence-corrected chi connectivity index (χ4v) is 2.88. The van der Waals surface area contributed by atoms with Crippen LogP contribution in [0.5, 0.6) is 0 Å². The first-order chi connectivity index (χ1) is 7.33. The Bertz CT molecular complexity index is 378. The SMILES string of the molecule is Clc1ccc2c(c1)CC1CNCCC1N2. The van der Waals surface area contributed by atoms with E-state index < -0.39 is 0 Å². The lowest BCUT2D eigenvalue weighted by Crippen LogP contribution is -2.47. The third-order valence-corrected chi connectivity index (χ3v) is 3.73. The van der Waals surface area contributed by atoms with Gasteiger partial charge in [-0.1, -0.05) is 11.6 Å². The van der Waals surface area contributed by atoms with Gasteiger partial charge in [-0.2, -0.15) is 0 Å². The second-order valence-corrected chi connectivity index (χ2v) is 4.95. The Morgan fingerprint density at radius 1 is 1.33 bits per heavy atom. The zero-order valence-corrected chi connectivity index (χ0v) is 9.35. The Labute approximate surface area is 95.0 Å². The first kappa shape index (κ1) is 9.49. The van der Waals surface area contributed by atoms with Crippen molar-refractivity contribution >= 4 is 17.3 Å². The molecule has 15 heavy (non-hydrogen) atoms. The summed E-state index contributed by atoms with van der Waals surface area (Å²) in [4.78, 5) is 0. The summed E-state index contributed by atoms with van der Waals surface area (Å²) in [6, 6.07) is 6.82. The van der Waals surface area contributed by atoms with E-state index in [0.717, 1.165) is 30.5 Å². The van der Waals surface area contributed by atoms with Gasteiger partial charge in [0.25, 0.3) is 0 Å². The Balaban J connectivity index is 1.92. The number of anilines is 1. The standard InChI is InChI=1S/C12H15ClN2/c13-10-1-2-11-8(6-10)5-9-7-14-4-3-12(9)15-11/h1-2,6,9,12,14-15H,3-5,7H2. The highest BCUT2D eigenvalue weighted by Gasteiger charge is 2.29. The normalized spacial score (nSPS) is 28.9. The van der Waals surface area contributed by atoms with Crippen LogP contribution in [0.4, 0.5) is 5.69 Å². The van der Waals surface area contributed by atoms with Crippen LogP contribution in [0.2, 0.25) is 5.02 Å². The Morgan fingerprint density at radius 2 is 2.27 bits per heavy atom. The fourth-order valence-electron chi connectivity index (χ4n) is 2.68. The van der Waals surface area contributed by atoms with Gasteiger partial charge < -0.3 is 10.6 Å².